The van der Waals surface area contributed by atoms with Crippen LogP contribution in [0, 0.1) is 6.92 Å². The Morgan fingerprint density at radius 3 is 2.72 bits per heavy atom. The number of amides is 1. The van der Waals surface area contributed by atoms with Gasteiger partial charge in [0.05, 0.1) is 7.11 Å². The van der Waals surface area contributed by atoms with Gasteiger partial charge in [0, 0.05) is 39.2 Å². The van der Waals surface area contributed by atoms with Crippen molar-refractivity contribution in [3.63, 3.8) is 0 Å². The van der Waals surface area contributed by atoms with Crippen LogP contribution in [0.3, 0.4) is 0 Å². The van der Waals surface area contributed by atoms with E-state index in [9.17, 15) is 4.79 Å². The van der Waals surface area contributed by atoms with E-state index in [2.05, 4.69) is 18.3 Å². The molecular weight excluding hydrogens is 228 g/mol. The van der Waals surface area contributed by atoms with Crippen molar-refractivity contribution < 1.29 is 9.53 Å². The lowest BCUT2D eigenvalue weighted by Crippen LogP contribution is -2.26. The Balaban J connectivity index is 2.44. The SMILES string of the molecule is COc1ccc(C)cc1CNCCC(=O)N(C)C. The van der Waals surface area contributed by atoms with Crippen LogP contribution in [0.5, 0.6) is 5.75 Å². The fourth-order valence-corrected chi connectivity index (χ4v) is 1.69. The van der Waals surface area contributed by atoms with E-state index in [1.54, 1.807) is 26.1 Å². The molecule has 4 heteroatoms. The van der Waals surface area contributed by atoms with Gasteiger partial charge in [0.2, 0.25) is 5.91 Å². The number of hydrogen-bond donors (Lipinski definition) is 1. The van der Waals surface area contributed by atoms with E-state index in [4.69, 9.17) is 4.74 Å². The van der Waals surface area contributed by atoms with Gasteiger partial charge in [-0.2, -0.15) is 0 Å². The fraction of sp³-hybridized carbons (Fsp3) is 0.500. The lowest BCUT2D eigenvalue weighted by atomic mass is 10.1. The Bertz CT molecular complexity index is 403. The van der Waals surface area contributed by atoms with E-state index in [1.165, 1.54) is 5.56 Å². The van der Waals surface area contributed by atoms with Crippen molar-refractivity contribution >= 4 is 5.91 Å². The Morgan fingerprint density at radius 1 is 1.39 bits per heavy atom. The zero-order chi connectivity index (χ0) is 13.5. The molecule has 0 saturated carbocycles. The predicted octanol–water partition coefficient (Wildman–Crippen LogP) is 1.57. The average Bonchev–Trinajstić information content (AvgIpc) is 2.34. The monoisotopic (exact) mass is 250 g/mol. The summed E-state index contributed by atoms with van der Waals surface area (Å²) in [5.41, 5.74) is 2.33. The third-order valence-electron chi connectivity index (χ3n) is 2.77. The number of methoxy groups -OCH3 is 1. The van der Waals surface area contributed by atoms with E-state index in [1.807, 2.05) is 12.1 Å². The third-order valence-corrected chi connectivity index (χ3v) is 2.77. The Morgan fingerprint density at radius 2 is 2.11 bits per heavy atom. The zero-order valence-corrected chi connectivity index (χ0v) is 11.6. The highest BCUT2D eigenvalue weighted by Crippen LogP contribution is 2.19. The molecule has 0 fully saturated rings. The average molecular weight is 250 g/mol. The van der Waals surface area contributed by atoms with Crippen LogP contribution in [0.2, 0.25) is 0 Å². The van der Waals surface area contributed by atoms with Crippen molar-refractivity contribution in [3.05, 3.63) is 29.3 Å². The first-order valence-corrected chi connectivity index (χ1v) is 6.09. The van der Waals surface area contributed by atoms with Gasteiger partial charge in [-0.15, -0.1) is 0 Å². The molecule has 1 aromatic rings. The van der Waals surface area contributed by atoms with Gasteiger partial charge in [-0.05, 0) is 13.0 Å². The largest absolute Gasteiger partial charge is 0.496 e. The molecule has 0 aliphatic heterocycles. The van der Waals surface area contributed by atoms with E-state index < -0.39 is 0 Å². The van der Waals surface area contributed by atoms with Gasteiger partial charge in [-0.25, -0.2) is 0 Å². The van der Waals surface area contributed by atoms with Crippen molar-refractivity contribution in [2.75, 3.05) is 27.7 Å². The minimum absolute atomic E-state index is 0.138. The summed E-state index contributed by atoms with van der Waals surface area (Å²) >= 11 is 0. The van der Waals surface area contributed by atoms with Gasteiger partial charge in [-0.3, -0.25) is 4.79 Å². The van der Waals surface area contributed by atoms with Crippen LogP contribution in [0.15, 0.2) is 18.2 Å². The first-order valence-electron chi connectivity index (χ1n) is 6.09. The van der Waals surface area contributed by atoms with Crippen molar-refractivity contribution in [1.29, 1.82) is 0 Å². The summed E-state index contributed by atoms with van der Waals surface area (Å²) in [4.78, 5) is 13.0. The molecule has 0 aromatic heterocycles. The number of carbonyl (C=O) groups is 1. The number of nitrogens with zero attached hydrogens (tertiary/aromatic N) is 1. The van der Waals surface area contributed by atoms with Gasteiger partial charge < -0.3 is 15.0 Å². The third kappa shape index (κ3) is 4.37. The highest BCUT2D eigenvalue weighted by molar-refractivity contribution is 5.75. The molecule has 0 atom stereocenters. The second-order valence-corrected chi connectivity index (χ2v) is 4.53. The summed E-state index contributed by atoms with van der Waals surface area (Å²) in [5.74, 6) is 1.02. The number of aryl methyl sites for hydroxylation is 1. The van der Waals surface area contributed by atoms with Crippen molar-refractivity contribution in [1.82, 2.24) is 10.2 Å². The van der Waals surface area contributed by atoms with Gasteiger partial charge in [0.15, 0.2) is 0 Å². The van der Waals surface area contributed by atoms with Crippen LogP contribution in [0.1, 0.15) is 17.5 Å². The number of nitrogens with one attached hydrogen (secondary N) is 1. The second kappa shape index (κ2) is 7.01. The Hall–Kier alpha value is -1.55. The molecule has 4 nitrogen and oxygen atoms in total. The standard InChI is InChI=1S/C14H22N2O2/c1-11-5-6-13(18-4)12(9-11)10-15-8-7-14(17)16(2)3/h5-6,9,15H,7-8,10H2,1-4H3. The molecule has 0 unspecified atom stereocenters. The van der Waals surface area contributed by atoms with Gasteiger partial charge in [0.1, 0.15) is 5.75 Å². The molecule has 0 spiro atoms. The van der Waals surface area contributed by atoms with Gasteiger partial charge in [-0.1, -0.05) is 17.7 Å². The van der Waals surface area contributed by atoms with Gasteiger partial charge >= 0.3 is 0 Å². The number of ether oxygens (including phenoxy) is 1. The number of carbonyl (C=O) groups excluding carboxylic acids is 1. The van der Waals surface area contributed by atoms with Crippen LogP contribution >= 0.6 is 0 Å². The molecule has 0 aliphatic rings. The summed E-state index contributed by atoms with van der Waals surface area (Å²) in [6.45, 7) is 3.44. The molecule has 0 heterocycles. The molecule has 0 bridgehead atoms. The first kappa shape index (κ1) is 14.5. The van der Waals surface area contributed by atoms with Crippen molar-refractivity contribution in [2.24, 2.45) is 0 Å². The maximum absolute atomic E-state index is 11.4. The lowest BCUT2D eigenvalue weighted by Gasteiger charge is -2.12. The van der Waals surface area contributed by atoms with Crippen LogP contribution in [-0.4, -0.2) is 38.6 Å². The molecule has 1 rings (SSSR count). The lowest BCUT2D eigenvalue weighted by molar-refractivity contribution is -0.128. The number of benzene rings is 1. The molecular formula is C14H22N2O2. The predicted molar refractivity (Wildman–Crippen MR) is 72.7 cm³/mol. The van der Waals surface area contributed by atoms with Gasteiger partial charge in [0.25, 0.3) is 0 Å². The molecule has 1 aromatic carbocycles. The molecule has 1 N–H and O–H groups in total. The highest BCUT2D eigenvalue weighted by Gasteiger charge is 2.05. The van der Waals surface area contributed by atoms with Crippen LogP contribution in [0.25, 0.3) is 0 Å². The highest BCUT2D eigenvalue weighted by atomic mass is 16.5. The molecule has 100 valence electrons. The quantitative estimate of drug-likeness (QED) is 0.779. The van der Waals surface area contributed by atoms with Crippen LogP contribution in [0.4, 0.5) is 0 Å². The normalized spacial score (nSPS) is 10.2. The minimum Gasteiger partial charge on any atom is -0.496 e. The van der Waals surface area contributed by atoms with Crippen molar-refractivity contribution in [3.8, 4) is 5.75 Å². The minimum atomic E-state index is 0.138. The second-order valence-electron chi connectivity index (χ2n) is 4.53. The summed E-state index contributed by atoms with van der Waals surface area (Å²) in [7, 11) is 5.21. The smallest absolute Gasteiger partial charge is 0.223 e. The van der Waals surface area contributed by atoms with E-state index in [0.29, 0.717) is 19.5 Å². The summed E-state index contributed by atoms with van der Waals surface area (Å²) in [5, 5.41) is 3.26. The maximum Gasteiger partial charge on any atom is 0.223 e. The Labute approximate surface area is 109 Å². The molecule has 0 aliphatic carbocycles. The topological polar surface area (TPSA) is 41.6 Å². The maximum atomic E-state index is 11.4. The van der Waals surface area contributed by atoms with Crippen molar-refractivity contribution in [2.45, 2.75) is 19.9 Å². The number of rotatable bonds is 6. The number of hydrogen-bond acceptors (Lipinski definition) is 3. The van der Waals surface area contributed by atoms with E-state index in [-0.39, 0.29) is 5.91 Å². The Kier molecular flexibility index (Phi) is 5.65. The zero-order valence-electron chi connectivity index (χ0n) is 11.6. The molecule has 18 heavy (non-hydrogen) atoms. The summed E-state index contributed by atoms with van der Waals surface area (Å²) in [6.07, 6.45) is 0.515. The summed E-state index contributed by atoms with van der Waals surface area (Å²) in [6, 6.07) is 6.09. The van der Waals surface area contributed by atoms with Crippen LogP contribution in [-0.2, 0) is 11.3 Å². The van der Waals surface area contributed by atoms with Crippen LogP contribution < -0.4 is 10.1 Å². The molecule has 0 radical (unpaired) electrons. The van der Waals surface area contributed by atoms with E-state index in [0.717, 1.165) is 11.3 Å². The fourth-order valence-electron chi connectivity index (χ4n) is 1.69. The molecule has 1 amide bonds. The van der Waals surface area contributed by atoms with E-state index >= 15 is 0 Å². The first-order chi connectivity index (χ1) is 8.54. The molecule has 0 saturated heterocycles. The summed E-state index contributed by atoms with van der Waals surface area (Å²) < 4.78 is 5.30.